The van der Waals surface area contributed by atoms with Gasteiger partial charge in [0.1, 0.15) is 11.5 Å². The number of benzene rings is 2. The molecule has 1 aromatic heterocycles. The van der Waals surface area contributed by atoms with Crippen molar-refractivity contribution >= 4 is 23.5 Å². The van der Waals surface area contributed by atoms with Crippen LogP contribution in [0.4, 0.5) is 0 Å². The van der Waals surface area contributed by atoms with Crippen LogP contribution in [0.3, 0.4) is 0 Å². The number of hydrogen-bond donors (Lipinski definition) is 2. The zero-order valence-electron chi connectivity index (χ0n) is 17.5. The smallest absolute Gasteiger partial charge is 0.337 e. The van der Waals surface area contributed by atoms with Crippen molar-refractivity contribution in [3.8, 4) is 22.8 Å². The van der Waals surface area contributed by atoms with Gasteiger partial charge in [-0.1, -0.05) is 12.1 Å². The lowest BCUT2D eigenvalue weighted by Crippen LogP contribution is -2.17. The molecule has 166 valence electrons. The van der Waals surface area contributed by atoms with E-state index in [-0.39, 0.29) is 17.6 Å². The van der Waals surface area contributed by atoms with Crippen LogP contribution in [0.25, 0.3) is 11.3 Å². The fourth-order valence-electron chi connectivity index (χ4n) is 3.36. The Hall–Kier alpha value is -3.43. The third kappa shape index (κ3) is 4.90. The average Bonchev–Trinajstić information content (AvgIpc) is 3.46. The summed E-state index contributed by atoms with van der Waals surface area (Å²) in [7, 11) is 1.34. The Bertz CT molecular complexity index is 1190. The summed E-state index contributed by atoms with van der Waals surface area (Å²) < 4.78 is 12.0. The molecule has 0 aliphatic carbocycles. The van der Waals surface area contributed by atoms with Crippen molar-refractivity contribution in [2.45, 2.75) is 18.9 Å². The van der Waals surface area contributed by atoms with Gasteiger partial charge in [0.05, 0.1) is 37.2 Å². The molecular weight excluding hydrogens is 430 g/mol. The SMILES string of the molecule is COC(=O)c1ccc(/C=N/n2c(-c3ccc(O)cc3O)csc2=NCC2CCCO2)cc1. The lowest BCUT2D eigenvalue weighted by atomic mass is 10.1. The predicted octanol–water partition coefficient (Wildman–Crippen LogP) is 3.38. The van der Waals surface area contributed by atoms with Gasteiger partial charge in [-0.2, -0.15) is 5.10 Å². The van der Waals surface area contributed by atoms with Gasteiger partial charge in [0.15, 0.2) is 0 Å². The van der Waals surface area contributed by atoms with E-state index < -0.39 is 5.97 Å². The fraction of sp³-hybridized carbons (Fsp3) is 0.261. The third-order valence-electron chi connectivity index (χ3n) is 5.05. The maximum absolute atomic E-state index is 11.6. The van der Waals surface area contributed by atoms with Gasteiger partial charge in [-0.25, -0.2) is 9.47 Å². The first kappa shape index (κ1) is 21.8. The zero-order valence-corrected chi connectivity index (χ0v) is 18.3. The number of aromatic nitrogens is 1. The van der Waals surface area contributed by atoms with Crippen molar-refractivity contribution in [3.05, 3.63) is 63.8 Å². The van der Waals surface area contributed by atoms with E-state index in [4.69, 9.17) is 14.5 Å². The molecule has 0 bridgehead atoms. The second kappa shape index (κ2) is 9.80. The molecule has 4 rings (SSSR count). The van der Waals surface area contributed by atoms with E-state index >= 15 is 0 Å². The standard InChI is InChI=1S/C23H23N3O5S/c1-30-22(29)16-6-4-15(5-7-16)12-25-26-20(19-9-8-17(27)11-21(19)28)14-32-23(26)24-13-18-3-2-10-31-18/h4-9,11-12,14,18,27-28H,2-3,10,13H2,1H3/b24-23?,25-12+. The van der Waals surface area contributed by atoms with Crippen molar-refractivity contribution in [2.75, 3.05) is 20.3 Å². The lowest BCUT2D eigenvalue weighted by molar-refractivity contribution is 0.0600. The summed E-state index contributed by atoms with van der Waals surface area (Å²) in [6, 6.07) is 11.3. The summed E-state index contributed by atoms with van der Waals surface area (Å²) >= 11 is 1.40. The highest BCUT2D eigenvalue weighted by Crippen LogP contribution is 2.32. The molecule has 2 heterocycles. The molecule has 2 N–H and O–H groups in total. The number of hydrogen-bond acceptors (Lipinski definition) is 8. The van der Waals surface area contributed by atoms with E-state index in [9.17, 15) is 15.0 Å². The van der Waals surface area contributed by atoms with Crippen LogP contribution in [0.2, 0.25) is 0 Å². The van der Waals surface area contributed by atoms with Crippen LogP contribution in [-0.4, -0.2) is 53.4 Å². The van der Waals surface area contributed by atoms with Gasteiger partial charge in [-0.3, -0.25) is 4.99 Å². The zero-order chi connectivity index (χ0) is 22.5. The highest BCUT2D eigenvalue weighted by molar-refractivity contribution is 7.07. The fourth-order valence-corrected chi connectivity index (χ4v) is 4.20. The quantitative estimate of drug-likeness (QED) is 0.440. The van der Waals surface area contributed by atoms with Crippen molar-refractivity contribution < 1.29 is 24.5 Å². The second-order valence-electron chi connectivity index (χ2n) is 7.25. The predicted molar refractivity (Wildman–Crippen MR) is 121 cm³/mol. The number of aromatic hydroxyl groups is 2. The molecule has 0 saturated carbocycles. The van der Waals surface area contributed by atoms with Gasteiger partial charge in [0.2, 0.25) is 4.80 Å². The second-order valence-corrected chi connectivity index (χ2v) is 8.09. The first-order valence-electron chi connectivity index (χ1n) is 10.1. The Morgan fingerprint density at radius 1 is 1.28 bits per heavy atom. The molecule has 3 aromatic rings. The number of carbonyl (C=O) groups excluding carboxylic acids is 1. The molecule has 32 heavy (non-hydrogen) atoms. The van der Waals surface area contributed by atoms with Gasteiger partial charge < -0.3 is 19.7 Å². The van der Waals surface area contributed by atoms with Crippen LogP contribution in [-0.2, 0) is 9.47 Å². The topological polar surface area (TPSA) is 106 Å². The molecule has 0 radical (unpaired) electrons. The Balaban J connectivity index is 1.70. The summed E-state index contributed by atoms with van der Waals surface area (Å²) in [6.07, 6.45) is 3.78. The van der Waals surface area contributed by atoms with E-state index in [0.29, 0.717) is 28.2 Å². The number of methoxy groups -OCH3 is 1. The minimum Gasteiger partial charge on any atom is -0.508 e. The Kier molecular flexibility index (Phi) is 6.67. The number of thiazole rings is 1. The van der Waals surface area contributed by atoms with Crippen molar-refractivity contribution in [2.24, 2.45) is 10.1 Å². The molecule has 1 atom stereocenters. The maximum atomic E-state index is 11.6. The highest BCUT2D eigenvalue weighted by Gasteiger charge is 2.16. The Labute approximate surface area is 188 Å². The first-order valence-corrected chi connectivity index (χ1v) is 11.0. The number of phenols is 2. The van der Waals surface area contributed by atoms with E-state index in [1.807, 2.05) is 5.38 Å². The van der Waals surface area contributed by atoms with Crippen molar-refractivity contribution in [3.63, 3.8) is 0 Å². The molecule has 9 heteroatoms. The number of esters is 1. The average molecular weight is 454 g/mol. The minimum atomic E-state index is -0.402. The first-order chi connectivity index (χ1) is 15.5. The van der Waals surface area contributed by atoms with Crippen LogP contribution < -0.4 is 4.80 Å². The van der Waals surface area contributed by atoms with Crippen LogP contribution in [0, 0.1) is 0 Å². The molecule has 1 fully saturated rings. The van der Waals surface area contributed by atoms with Gasteiger partial charge >= 0.3 is 5.97 Å². The van der Waals surface area contributed by atoms with Gasteiger partial charge in [-0.05, 0) is 42.7 Å². The number of rotatable bonds is 6. The lowest BCUT2D eigenvalue weighted by Gasteiger charge is -2.07. The Morgan fingerprint density at radius 3 is 2.78 bits per heavy atom. The van der Waals surface area contributed by atoms with Crippen LogP contribution >= 0.6 is 11.3 Å². The number of phenolic OH excluding ortho intramolecular Hbond substituents is 2. The summed E-state index contributed by atoms with van der Waals surface area (Å²) in [5.41, 5.74) is 2.40. The highest BCUT2D eigenvalue weighted by atomic mass is 32.1. The van der Waals surface area contributed by atoms with Crippen molar-refractivity contribution in [1.82, 2.24) is 4.68 Å². The molecule has 1 aliphatic rings. The molecule has 8 nitrogen and oxygen atoms in total. The largest absolute Gasteiger partial charge is 0.508 e. The van der Waals surface area contributed by atoms with Crippen LogP contribution in [0.5, 0.6) is 11.5 Å². The molecule has 1 aliphatic heterocycles. The van der Waals surface area contributed by atoms with Crippen LogP contribution in [0.1, 0.15) is 28.8 Å². The van der Waals surface area contributed by atoms with Gasteiger partial charge in [-0.15, -0.1) is 11.3 Å². The van der Waals surface area contributed by atoms with Gasteiger partial charge in [0, 0.05) is 23.6 Å². The van der Waals surface area contributed by atoms with E-state index in [1.165, 1.54) is 30.6 Å². The van der Waals surface area contributed by atoms with E-state index in [1.54, 1.807) is 41.2 Å². The number of ether oxygens (including phenoxy) is 2. The van der Waals surface area contributed by atoms with Crippen LogP contribution in [0.15, 0.2) is 57.9 Å². The Morgan fingerprint density at radius 2 is 2.09 bits per heavy atom. The third-order valence-corrected chi connectivity index (χ3v) is 5.90. The molecule has 0 spiro atoms. The summed E-state index contributed by atoms with van der Waals surface area (Å²) in [5, 5.41) is 26.4. The van der Waals surface area contributed by atoms with E-state index in [0.717, 1.165) is 25.0 Å². The van der Waals surface area contributed by atoms with Gasteiger partial charge in [0.25, 0.3) is 0 Å². The number of nitrogens with zero attached hydrogens (tertiary/aromatic N) is 3. The summed E-state index contributed by atoms with van der Waals surface area (Å²) in [4.78, 5) is 17.0. The van der Waals surface area contributed by atoms with E-state index in [2.05, 4.69) is 5.10 Å². The minimum absolute atomic E-state index is 0.0227. The monoisotopic (exact) mass is 453 g/mol. The molecule has 1 saturated heterocycles. The molecular formula is C23H23N3O5S. The number of carbonyl (C=O) groups is 1. The molecule has 1 unspecified atom stereocenters. The maximum Gasteiger partial charge on any atom is 0.337 e. The summed E-state index contributed by atoms with van der Waals surface area (Å²) in [6.45, 7) is 1.29. The van der Waals surface area contributed by atoms with Crippen molar-refractivity contribution in [1.29, 1.82) is 0 Å². The molecule has 0 amide bonds. The summed E-state index contributed by atoms with van der Waals surface area (Å²) in [5.74, 6) is -0.480. The molecule has 2 aromatic carbocycles. The normalized spacial score (nSPS) is 16.7.